The van der Waals surface area contributed by atoms with Crippen molar-refractivity contribution >= 4 is 0 Å². The van der Waals surface area contributed by atoms with Gasteiger partial charge in [-0.1, -0.05) is 12.5 Å². The number of allylic oxidation sites excluding steroid dienone is 1. The zero-order valence-electron chi connectivity index (χ0n) is 12.5. The van der Waals surface area contributed by atoms with Crippen molar-refractivity contribution in [2.75, 3.05) is 20.7 Å². The summed E-state index contributed by atoms with van der Waals surface area (Å²) < 4.78 is 11.0. The van der Waals surface area contributed by atoms with Gasteiger partial charge < -0.3 is 19.7 Å². The first-order chi connectivity index (χ1) is 9.10. The van der Waals surface area contributed by atoms with Gasteiger partial charge in [-0.25, -0.2) is 0 Å². The van der Waals surface area contributed by atoms with E-state index in [2.05, 4.69) is 30.2 Å². The zero-order chi connectivity index (χ0) is 14.3. The quantitative estimate of drug-likeness (QED) is 0.588. The van der Waals surface area contributed by atoms with E-state index in [0.717, 1.165) is 31.5 Å². The van der Waals surface area contributed by atoms with Gasteiger partial charge in [0.05, 0.1) is 6.10 Å². The second kappa shape index (κ2) is 8.21. The highest BCUT2D eigenvalue weighted by molar-refractivity contribution is 5.05. The number of methoxy groups -OCH3 is 1. The summed E-state index contributed by atoms with van der Waals surface area (Å²) in [5, 5.41) is 2.93. The van der Waals surface area contributed by atoms with Crippen LogP contribution in [0.2, 0.25) is 0 Å². The normalized spacial score (nSPS) is 28.2. The number of ether oxygens (including phenoxy) is 2. The van der Waals surface area contributed by atoms with E-state index in [9.17, 15) is 0 Å². The van der Waals surface area contributed by atoms with E-state index >= 15 is 0 Å². The Morgan fingerprint density at radius 2 is 2.32 bits per heavy atom. The summed E-state index contributed by atoms with van der Waals surface area (Å²) in [6.45, 7) is 5.07. The summed E-state index contributed by atoms with van der Waals surface area (Å²) in [5.74, 6) is 0. The van der Waals surface area contributed by atoms with E-state index in [1.165, 1.54) is 0 Å². The van der Waals surface area contributed by atoms with Crippen molar-refractivity contribution in [2.24, 2.45) is 0 Å². The lowest BCUT2D eigenvalue weighted by atomic mass is 10.0. The van der Waals surface area contributed by atoms with E-state index in [1.54, 1.807) is 7.11 Å². The van der Waals surface area contributed by atoms with Gasteiger partial charge in [0, 0.05) is 44.3 Å². The average Bonchev–Trinajstić information content (AvgIpc) is 2.42. The number of nitrogens with one attached hydrogen (secondary N) is 1. The molecule has 0 aromatic heterocycles. The smallest absolute Gasteiger partial charge is 0.159 e. The number of terminal acetylenes is 1. The van der Waals surface area contributed by atoms with Crippen LogP contribution in [0.4, 0.5) is 0 Å². The van der Waals surface area contributed by atoms with Gasteiger partial charge in [0.1, 0.15) is 0 Å². The molecule has 108 valence electrons. The molecular weight excluding hydrogens is 240 g/mol. The topological polar surface area (TPSA) is 33.7 Å². The number of hydrogen-bond acceptors (Lipinski definition) is 4. The molecule has 4 nitrogen and oxygen atoms in total. The van der Waals surface area contributed by atoms with E-state index in [4.69, 9.17) is 15.9 Å². The molecule has 0 radical (unpaired) electrons. The first-order valence-electron chi connectivity index (χ1n) is 6.86. The summed E-state index contributed by atoms with van der Waals surface area (Å²) in [6, 6.07) is 2.97. The SMILES string of the molecule is C#CN/C(=C\C)CCN(C)[C@@H]1C[C@H](OC)O[C@H](C)C1. The first kappa shape index (κ1) is 16.0. The predicted octanol–water partition coefficient (Wildman–Crippen LogP) is 1.93. The molecule has 0 bridgehead atoms. The van der Waals surface area contributed by atoms with E-state index in [1.807, 2.05) is 13.0 Å². The van der Waals surface area contributed by atoms with Crippen molar-refractivity contribution in [3.05, 3.63) is 11.8 Å². The van der Waals surface area contributed by atoms with Gasteiger partial charge in [-0.05, 0) is 27.3 Å². The zero-order valence-corrected chi connectivity index (χ0v) is 12.5. The van der Waals surface area contributed by atoms with Gasteiger partial charge in [-0.3, -0.25) is 0 Å². The largest absolute Gasteiger partial charge is 0.356 e. The van der Waals surface area contributed by atoms with Crippen LogP contribution in [0.3, 0.4) is 0 Å². The second-order valence-electron chi connectivity index (χ2n) is 5.05. The summed E-state index contributed by atoms with van der Waals surface area (Å²) in [4.78, 5) is 2.37. The highest BCUT2D eigenvalue weighted by Crippen LogP contribution is 2.23. The maximum atomic E-state index is 5.70. The monoisotopic (exact) mass is 266 g/mol. The minimum Gasteiger partial charge on any atom is -0.356 e. The van der Waals surface area contributed by atoms with E-state index in [-0.39, 0.29) is 12.4 Å². The third kappa shape index (κ3) is 5.23. The second-order valence-corrected chi connectivity index (χ2v) is 5.05. The summed E-state index contributed by atoms with van der Waals surface area (Å²) >= 11 is 0. The van der Waals surface area contributed by atoms with E-state index < -0.39 is 0 Å². The van der Waals surface area contributed by atoms with Gasteiger partial charge in [0.25, 0.3) is 0 Å². The summed E-state index contributed by atoms with van der Waals surface area (Å²) in [5.41, 5.74) is 1.10. The van der Waals surface area contributed by atoms with Gasteiger partial charge >= 0.3 is 0 Å². The minimum absolute atomic E-state index is 0.0822. The first-order valence-corrected chi connectivity index (χ1v) is 6.86. The molecule has 0 spiro atoms. The van der Waals surface area contributed by atoms with Crippen LogP contribution in [0.1, 0.15) is 33.1 Å². The maximum absolute atomic E-state index is 5.70. The van der Waals surface area contributed by atoms with Crippen LogP contribution >= 0.6 is 0 Å². The van der Waals surface area contributed by atoms with Gasteiger partial charge in [-0.2, -0.15) is 0 Å². The number of hydrogen-bond donors (Lipinski definition) is 1. The van der Waals surface area contributed by atoms with Crippen LogP contribution in [0.25, 0.3) is 0 Å². The fourth-order valence-corrected chi connectivity index (χ4v) is 2.43. The molecule has 3 atom stereocenters. The van der Waals surface area contributed by atoms with Gasteiger partial charge in [0.15, 0.2) is 6.29 Å². The molecule has 1 aliphatic heterocycles. The molecular formula is C15H26N2O2. The molecule has 1 heterocycles. The molecule has 19 heavy (non-hydrogen) atoms. The Labute approximate surface area is 117 Å². The fourth-order valence-electron chi connectivity index (χ4n) is 2.43. The van der Waals surface area contributed by atoms with Crippen LogP contribution in [0.5, 0.6) is 0 Å². The van der Waals surface area contributed by atoms with Crippen molar-refractivity contribution in [2.45, 2.75) is 51.5 Å². The van der Waals surface area contributed by atoms with Crippen molar-refractivity contribution in [1.29, 1.82) is 0 Å². The Morgan fingerprint density at radius 3 is 2.89 bits per heavy atom. The summed E-state index contributed by atoms with van der Waals surface area (Å²) in [7, 11) is 3.85. The molecule has 1 saturated heterocycles. The molecule has 1 aliphatic rings. The predicted molar refractivity (Wildman–Crippen MR) is 77.3 cm³/mol. The fraction of sp³-hybridized carbons (Fsp3) is 0.733. The van der Waals surface area contributed by atoms with Gasteiger partial charge in [0.2, 0.25) is 0 Å². The van der Waals surface area contributed by atoms with Gasteiger partial charge in [-0.15, -0.1) is 0 Å². The Kier molecular flexibility index (Phi) is 6.93. The molecule has 0 unspecified atom stereocenters. The highest BCUT2D eigenvalue weighted by atomic mass is 16.7. The van der Waals surface area contributed by atoms with Crippen LogP contribution in [0.15, 0.2) is 11.8 Å². The maximum Gasteiger partial charge on any atom is 0.159 e. The third-order valence-electron chi connectivity index (χ3n) is 3.65. The molecule has 0 aromatic rings. The Bertz CT molecular complexity index is 336. The van der Waals surface area contributed by atoms with Crippen LogP contribution in [0, 0.1) is 12.5 Å². The Morgan fingerprint density at radius 1 is 1.58 bits per heavy atom. The average molecular weight is 266 g/mol. The minimum atomic E-state index is -0.0822. The molecule has 1 N–H and O–H groups in total. The third-order valence-corrected chi connectivity index (χ3v) is 3.65. The van der Waals surface area contributed by atoms with E-state index in [0.29, 0.717) is 6.04 Å². The highest BCUT2D eigenvalue weighted by Gasteiger charge is 2.29. The van der Waals surface area contributed by atoms with Crippen LogP contribution < -0.4 is 5.32 Å². The molecule has 0 aliphatic carbocycles. The summed E-state index contributed by atoms with van der Waals surface area (Å²) in [6.07, 6.45) is 10.3. The van der Waals surface area contributed by atoms with Crippen LogP contribution in [-0.4, -0.2) is 44.0 Å². The molecule has 1 fully saturated rings. The molecule has 1 rings (SSSR count). The van der Waals surface area contributed by atoms with Crippen molar-refractivity contribution in [3.8, 4) is 12.5 Å². The molecule has 0 amide bonds. The van der Waals surface area contributed by atoms with Crippen LogP contribution in [-0.2, 0) is 9.47 Å². The van der Waals surface area contributed by atoms with Crippen molar-refractivity contribution in [1.82, 2.24) is 10.2 Å². The van der Waals surface area contributed by atoms with Crippen molar-refractivity contribution in [3.63, 3.8) is 0 Å². The number of rotatable bonds is 6. The lowest BCUT2D eigenvalue weighted by Crippen LogP contribution is -2.44. The molecule has 0 saturated carbocycles. The van der Waals surface area contributed by atoms with Crippen molar-refractivity contribution < 1.29 is 9.47 Å². The lowest BCUT2D eigenvalue weighted by Gasteiger charge is -2.38. The number of nitrogens with zero attached hydrogens (tertiary/aromatic N) is 1. The Hall–Kier alpha value is -1.02. The molecule has 0 aromatic carbocycles. The standard InChI is InChI=1S/C15H26N2O2/c1-6-13(16-7-2)8-9-17(4)14-10-12(3)19-15(11-14)18-5/h2,6,12,14-16H,8-11H2,1,3-5H3/b13-6-/t12-,14+,15-/m1/s1. The molecule has 4 heteroatoms. The lowest BCUT2D eigenvalue weighted by molar-refractivity contribution is -0.189. The Balaban J connectivity index is 2.44.